The minimum atomic E-state index is -0.727. The third-order valence-electron chi connectivity index (χ3n) is 4.29. The Morgan fingerprint density at radius 2 is 1.93 bits per heavy atom. The van der Waals surface area contributed by atoms with Gasteiger partial charge in [-0.2, -0.15) is 0 Å². The summed E-state index contributed by atoms with van der Waals surface area (Å²) in [5.74, 6) is -0.415. The topological polar surface area (TPSA) is 88.2 Å². The summed E-state index contributed by atoms with van der Waals surface area (Å²) < 4.78 is 10.5. The van der Waals surface area contributed by atoms with Gasteiger partial charge in [0.05, 0.1) is 6.61 Å². The third-order valence-corrected chi connectivity index (χ3v) is 4.29. The van der Waals surface area contributed by atoms with Gasteiger partial charge in [0.1, 0.15) is 18.2 Å². The Kier molecular flexibility index (Phi) is 5.69. The van der Waals surface area contributed by atoms with Crippen LogP contribution in [0, 0.1) is 0 Å². The molecule has 8 heteroatoms. The highest BCUT2D eigenvalue weighted by molar-refractivity contribution is 5.99. The van der Waals surface area contributed by atoms with Crippen LogP contribution in [0.4, 0.5) is 16.2 Å². The molecule has 2 aliphatic heterocycles. The molecule has 2 heterocycles. The molecule has 1 fully saturated rings. The van der Waals surface area contributed by atoms with Crippen molar-refractivity contribution < 1.29 is 23.9 Å². The lowest BCUT2D eigenvalue weighted by Gasteiger charge is -2.28. The van der Waals surface area contributed by atoms with E-state index in [1.54, 1.807) is 62.1 Å². The average molecular weight is 387 g/mol. The number of anilines is 2. The van der Waals surface area contributed by atoms with Crippen LogP contribution in [-0.2, 0) is 19.1 Å². The molecule has 1 aromatic rings. The Morgan fingerprint density at radius 3 is 2.57 bits per heavy atom. The second kappa shape index (κ2) is 8.02. The molecule has 8 nitrogen and oxygen atoms in total. The standard InChI is InChI=1S/C20H25N3O5/c1-20(2,3)28-19(26)23-10-4-5-16(23)18(25)21-14-6-8-15(9-7-14)22-11-12-27-13-17(22)24/h4-9,16H,10-13H2,1-3H3,(H,21,25)/t16-/m1/s1. The minimum absolute atomic E-state index is 0.0764. The number of hydrogen-bond acceptors (Lipinski definition) is 5. The van der Waals surface area contributed by atoms with Crippen LogP contribution in [0.15, 0.2) is 36.4 Å². The molecule has 0 aliphatic carbocycles. The van der Waals surface area contributed by atoms with Crippen LogP contribution in [0.25, 0.3) is 0 Å². The molecule has 1 aromatic carbocycles. The second-order valence-electron chi connectivity index (χ2n) is 7.64. The summed E-state index contributed by atoms with van der Waals surface area (Å²) in [6.07, 6.45) is 2.92. The van der Waals surface area contributed by atoms with E-state index in [1.165, 1.54) is 4.90 Å². The van der Waals surface area contributed by atoms with Crippen LogP contribution in [0.5, 0.6) is 0 Å². The number of rotatable bonds is 3. The summed E-state index contributed by atoms with van der Waals surface area (Å²) in [4.78, 5) is 39.9. The van der Waals surface area contributed by atoms with E-state index >= 15 is 0 Å². The SMILES string of the molecule is CC(C)(C)OC(=O)N1CC=C[C@@H]1C(=O)Nc1ccc(N2CCOCC2=O)cc1. The van der Waals surface area contributed by atoms with Crippen molar-refractivity contribution in [2.45, 2.75) is 32.4 Å². The predicted octanol–water partition coefficient (Wildman–Crippen LogP) is 2.16. The molecule has 2 aliphatic rings. The summed E-state index contributed by atoms with van der Waals surface area (Å²) >= 11 is 0. The van der Waals surface area contributed by atoms with Crippen LogP contribution >= 0.6 is 0 Å². The number of hydrogen-bond donors (Lipinski definition) is 1. The Labute approximate surface area is 164 Å². The fraction of sp³-hybridized carbons (Fsp3) is 0.450. The smallest absolute Gasteiger partial charge is 0.411 e. The average Bonchev–Trinajstić information content (AvgIpc) is 3.12. The molecular formula is C20H25N3O5. The first-order chi connectivity index (χ1) is 13.2. The molecule has 0 spiro atoms. The van der Waals surface area contributed by atoms with Crippen molar-refractivity contribution in [3.8, 4) is 0 Å². The molecule has 0 aromatic heterocycles. The van der Waals surface area contributed by atoms with Gasteiger partial charge in [0.15, 0.2) is 0 Å². The summed E-state index contributed by atoms with van der Waals surface area (Å²) in [7, 11) is 0. The van der Waals surface area contributed by atoms with Gasteiger partial charge in [0.25, 0.3) is 11.8 Å². The van der Waals surface area contributed by atoms with E-state index < -0.39 is 17.7 Å². The summed E-state index contributed by atoms with van der Waals surface area (Å²) in [5.41, 5.74) is 0.703. The van der Waals surface area contributed by atoms with Gasteiger partial charge in [0.2, 0.25) is 0 Å². The van der Waals surface area contributed by atoms with Crippen LogP contribution in [0.1, 0.15) is 20.8 Å². The molecule has 0 radical (unpaired) electrons. The molecule has 1 atom stereocenters. The van der Waals surface area contributed by atoms with E-state index in [0.29, 0.717) is 25.4 Å². The van der Waals surface area contributed by atoms with Crippen LogP contribution in [0.3, 0.4) is 0 Å². The third kappa shape index (κ3) is 4.69. The molecule has 0 unspecified atom stereocenters. The number of benzene rings is 1. The maximum absolute atomic E-state index is 12.6. The fourth-order valence-electron chi connectivity index (χ4n) is 2.99. The fourth-order valence-corrected chi connectivity index (χ4v) is 2.99. The first kappa shape index (κ1) is 19.9. The maximum Gasteiger partial charge on any atom is 0.411 e. The minimum Gasteiger partial charge on any atom is -0.444 e. The first-order valence-corrected chi connectivity index (χ1v) is 9.20. The number of amides is 3. The zero-order chi connectivity index (χ0) is 20.3. The Balaban J connectivity index is 1.63. The van der Waals surface area contributed by atoms with Gasteiger partial charge in [-0.3, -0.25) is 14.5 Å². The Hall–Kier alpha value is -2.87. The lowest BCUT2D eigenvalue weighted by atomic mass is 10.2. The zero-order valence-electron chi connectivity index (χ0n) is 16.3. The van der Waals surface area contributed by atoms with Crippen LogP contribution in [0.2, 0.25) is 0 Å². The lowest BCUT2D eigenvalue weighted by molar-refractivity contribution is -0.125. The van der Waals surface area contributed by atoms with Crippen molar-refractivity contribution in [3.05, 3.63) is 36.4 Å². The molecule has 1 N–H and O–H groups in total. The Bertz CT molecular complexity index is 782. The van der Waals surface area contributed by atoms with Gasteiger partial charge in [-0.05, 0) is 45.0 Å². The van der Waals surface area contributed by atoms with Crippen molar-refractivity contribution in [3.63, 3.8) is 0 Å². The Morgan fingerprint density at radius 1 is 1.21 bits per heavy atom. The van der Waals surface area contributed by atoms with Gasteiger partial charge in [0, 0.05) is 24.5 Å². The molecule has 0 bridgehead atoms. The number of carbonyl (C=O) groups excluding carboxylic acids is 3. The molecule has 1 saturated heterocycles. The van der Waals surface area contributed by atoms with Crippen molar-refractivity contribution in [1.82, 2.24) is 4.90 Å². The number of carbonyl (C=O) groups is 3. The van der Waals surface area contributed by atoms with Crippen LogP contribution in [-0.4, -0.2) is 60.8 Å². The van der Waals surface area contributed by atoms with E-state index in [9.17, 15) is 14.4 Å². The lowest BCUT2D eigenvalue weighted by Crippen LogP contribution is -2.45. The molecule has 150 valence electrons. The molecule has 3 amide bonds. The van der Waals surface area contributed by atoms with Gasteiger partial charge in [-0.1, -0.05) is 12.2 Å². The number of morpholine rings is 1. The van der Waals surface area contributed by atoms with Gasteiger partial charge >= 0.3 is 6.09 Å². The number of ether oxygens (including phenoxy) is 2. The quantitative estimate of drug-likeness (QED) is 0.803. The molecule has 3 rings (SSSR count). The predicted molar refractivity (Wildman–Crippen MR) is 104 cm³/mol. The monoisotopic (exact) mass is 387 g/mol. The van der Waals surface area contributed by atoms with Crippen molar-refractivity contribution in [2.75, 3.05) is 36.5 Å². The highest BCUT2D eigenvalue weighted by Gasteiger charge is 2.33. The van der Waals surface area contributed by atoms with E-state index in [4.69, 9.17) is 9.47 Å². The van der Waals surface area contributed by atoms with Crippen molar-refractivity contribution in [2.24, 2.45) is 0 Å². The van der Waals surface area contributed by atoms with Crippen molar-refractivity contribution >= 4 is 29.3 Å². The van der Waals surface area contributed by atoms with Crippen molar-refractivity contribution in [1.29, 1.82) is 0 Å². The maximum atomic E-state index is 12.6. The molecule has 0 saturated carbocycles. The van der Waals surface area contributed by atoms with E-state index in [-0.39, 0.29) is 18.4 Å². The first-order valence-electron chi connectivity index (χ1n) is 9.20. The highest BCUT2D eigenvalue weighted by Crippen LogP contribution is 2.21. The van der Waals surface area contributed by atoms with Gasteiger partial charge < -0.3 is 19.7 Å². The number of nitrogens with one attached hydrogen (secondary N) is 1. The van der Waals surface area contributed by atoms with E-state index in [2.05, 4.69) is 5.32 Å². The second-order valence-corrected chi connectivity index (χ2v) is 7.64. The van der Waals surface area contributed by atoms with E-state index in [1.807, 2.05) is 0 Å². The van der Waals surface area contributed by atoms with Crippen LogP contribution < -0.4 is 10.2 Å². The largest absolute Gasteiger partial charge is 0.444 e. The molecule has 28 heavy (non-hydrogen) atoms. The summed E-state index contributed by atoms with van der Waals surface area (Å²) in [6.45, 7) is 6.75. The number of nitrogens with zero attached hydrogens (tertiary/aromatic N) is 2. The summed E-state index contributed by atoms with van der Waals surface area (Å²) in [6, 6.07) is 6.28. The van der Waals surface area contributed by atoms with Gasteiger partial charge in [-0.25, -0.2) is 4.79 Å². The summed E-state index contributed by atoms with van der Waals surface area (Å²) in [5, 5.41) is 2.81. The molecular weight excluding hydrogens is 362 g/mol. The zero-order valence-corrected chi connectivity index (χ0v) is 16.3. The highest BCUT2D eigenvalue weighted by atomic mass is 16.6. The van der Waals surface area contributed by atoms with Gasteiger partial charge in [-0.15, -0.1) is 0 Å². The van der Waals surface area contributed by atoms with E-state index in [0.717, 1.165) is 5.69 Å². The normalized spacial score (nSPS) is 19.7.